The van der Waals surface area contributed by atoms with Gasteiger partial charge in [-0.25, -0.2) is 4.79 Å². The van der Waals surface area contributed by atoms with E-state index in [1.54, 1.807) is 23.9 Å². The zero-order valence-corrected chi connectivity index (χ0v) is 12.4. The number of carbonyl (C=O) groups is 1. The van der Waals surface area contributed by atoms with Crippen molar-refractivity contribution in [2.75, 3.05) is 20.6 Å². The number of likely N-dealkylation sites (N-methyl/N-ethyl adjacent to an activating group) is 1. The highest BCUT2D eigenvalue weighted by molar-refractivity contribution is 7.10. The number of urea groups is 1. The molecule has 108 valence electrons. The van der Waals surface area contributed by atoms with Crippen LogP contribution in [0.3, 0.4) is 0 Å². The zero-order chi connectivity index (χ0) is 14.4. The number of rotatable bonds is 6. The molecular formula is C14H19N3O2S. The second-order valence-corrected chi connectivity index (χ2v) is 5.67. The maximum Gasteiger partial charge on any atom is 0.315 e. The molecule has 2 N–H and O–H groups in total. The van der Waals surface area contributed by atoms with Gasteiger partial charge in [0.25, 0.3) is 0 Å². The fourth-order valence-electron chi connectivity index (χ4n) is 1.85. The number of hydrogen-bond acceptors (Lipinski definition) is 4. The number of furan rings is 1. The van der Waals surface area contributed by atoms with E-state index in [2.05, 4.69) is 21.6 Å². The number of thiophene rings is 1. The summed E-state index contributed by atoms with van der Waals surface area (Å²) in [5, 5.41) is 7.75. The van der Waals surface area contributed by atoms with Crippen molar-refractivity contribution >= 4 is 17.4 Å². The fraction of sp³-hybridized carbons (Fsp3) is 0.357. The standard InChI is InChI=1S/C14H19N3O2S/c1-17(2)12(13-4-3-7-20-13)9-16-14(18)15-8-11-5-6-19-10-11/h3-7,10,12H,8-9H2,1-2H3,(H2,15,16,18). The van der Waals surface area contributed by atoms with Crippen molar-refractivity contribution in [2.45, 2.75) is 12.6 Å². The molecule has 0 saturated heterocycles. The van der Waals surface area contributed by atoms with E-state index in [-0.39, 0.29) is 12.1 Å². The van der Waals surface area contributed by atoms with Crippen molar-refractivity contribution in [3.05, 3.63) is 46.5 Å². The molecular weight excluding hydrogens is 274 g/mol. The van der Waals surface area contributed by atoms with Gasteiger partial charge in [-0.1, -0.05) is 6.07 Å². The van der Waals surface area contributed by atoms with Crippen LogP contribution < -0.4 is 10.6 Å². The first-order chi connectivity index (χ1) is 9.66. The predicted molar refractivity (Wildman–Crippen MR) is 79.7 cm³/mol. The maximum absolute atomic E-state index is 11.8. The summed E-state index contributed by atoms with van der Waals surface area (Å²) in [6, 6.07) is 5.95. The summed E-state index contributed by atoms with van der Waals surface area (Å²) in [5.74, 6) is 0. The van der Waals surface area contributed by atoms with Crippen LogP contribution in [0.15, 0.2) is 40.5 Å². The highest BCUT2D eigenvalue weighted by Gasteiger charge is 2.15. The smallest absolute Gasteiger partial charge is 0.315 e. The monoisotopic (exact) mass is 293 g/mol. The summed E-state index contributed by atoms with van der Waals surface area (Å²) in [4.78, 5) is 15.1. The van der Waals surface area contributed by atoms with Gasteiger partial charge < -0.3 is 20.0 Å². The van der Waals surface area contributed by atoms with Crippen LogP contribution in [-0.2, 0) is 6.54 Å². The third-order valence-electron chi connectivity index (χ3n) is 2.98. The first kappa shape index (κ1) is 14.6. The van der Waals surface area contributed by atoms with Crippen LogP contribution in [0.4, 0.5) is 4.79 Å². The topological polar surface area (TPSA) is 57.5 Å². The molecule has 0 radical (unpaired) electrons. The van der Waals surface area contributed by atoms with Crippen LogP contribution in [0.5, 0.6) is 0 Å². The highest BCUT2D eigenvalue weighted by Crippen LogP contribution is 2.22. The molecule has 0 bridgehead atoms. The second kappa shape index (κ2) is 7.12. The lowest BCUT2D eigenvalue weighted by atomic mass is 10.2. The van der Waals surface area contributed by atoms with Crippen molar-refractivity contribution in [1.82, 2.24) is 15.5 Å². The molecule has 0 spiro atoms. The molecule has 0 fully saturated rings. The molecule has 2 aromatic heterocycles. The zero-order valence-electron chi connectivity index (χ0n) is 11.6. The Morgan fingerprint density at radius 1 is 1.40 bits per heavy atom. The molecule has 1 atom stereocenters. The quantitative estimate of drug-likeness (QED) is 0.860. The molecule has 20 heavy (non-hydrogen) atoms. The maximum atomic E-state index is 11.8. The molecule has 0 saturated carbocycles. The lowest BCUT2D eigenvalue weighted by Gasteiger charge is -2.23. The Kier molecular flexibility index (Phi) is 5.20. The number of hydrogen-bond donors (Lipinski definition) is 2. The van der Waals surface area contributed by atoms with E-state index in [0.29, 0.717) is 13.1 Å². The lowest BCUT2D eigenvalue weighted by molar-refractivity contribution is 0.233. The SMILES string of the molecule is CN(C)C(CNC(=O)NCc1ccoc1)c1cccs1. The van der Waals surface area contributed by atoms with Crippen LogP contribution >= 0.6 is 11.3 Å². The average molecular weight is 293 g/mol. The molecule has 2 rings (SSSR count). The Bertz CT molecular complexity index is 509. The Morgan fingerprint density at radius 2 is 2.25 bits per heavy atom. The van der Waals surface area contributed by atoms with E-state index < -0.39 is 0 Å². The van der Waals surface area contributed by atoms with Crippen molar-refractivity contribution in [2.24, 2.45) is 0 Å². The average Bonchev–Trinajstić information content (AvgIpc) is 3.09. The first-order valence-electron chi connectivity index (χ1n) is 6.39. The Hall–Kier alpha value is -1.79. The van der Waals surface area contributed by atoms with Gasteiger partial charge in [-0.15, -0.1) is 11.3 Å². The van der Waals surface area contributed by atoms with Gasteiger partial charge >= 0.3 is 6.03 Å². The molecule has 2 aromatic rings. The molecule has 2 heterocycles. The van der Waals surface area contributed by atoms with Crippen molar-refractivity contribution in [1.29, 1.82) is 0 Å². The largest absolute Gasteiger partial charge is 0.472 e. The van der Waals surface area contributed by atoms with Crippen LogP contribution in [-0.4, -0.2) is 31.6 Å². The number of nitrogens with one attached hydrogen (secondary N) is 2. The van der Waals surface area contributed by atoms with Gasteiger partial charge in [-0.05, 0) is 31.6 Å². The van der Waals surface area contributed by atoms with Crippen molar-refractivity contribution < 1.29 is 9.21 Å². The van der Waals surface area contributed by atoms with E-state index in [9.17, 15) is 4.79 Å². The summed E-state index contributed by atoms with van der Waals surface area (Å²) in [6.07, 6.45) is 3.21. The van der Waals surface area contributed by atoms with E-state index in [1.165, 1.54) is 4.88 Å². The third kappa shape index (κ3) is 4.11. The summed E-state index contributed by atoms with van der Waals surface area (Å²) >= 11 is 1.70. The number of nitrogens with zero attached hydrogens (tertiary/aromatic N) is 1. The van der Waals surface area contributed by atoms with Crippen LogP contribution in [0.1, 0.15) is 16.5 Å². The molecule has 5 nitrogen and oxygen atoms in total. The number of amides is 2. The minimum atomic E-state index is -0.172. The van der Waals surface area contributed by atoms with Gasteiger partial charge in [0.2, 0.25) is 0 Å². The van der Waals surface area contributed by atoms with Gasteiger partial charge in [0.05, 0.1) is 18.6 Å². The van der Waals surface area contributed by atoms with E-state index in [0.717, 1.165) is 5.56 Å². The molecule has 1 unspecified atom stereocenters. The minimum Gasteiger partial charge on any atom is -0.472 e. The fourth-order valence-corrected chi connectivity index (χ4v) is 2.77. The molecule has 0 aliphatic carbocycles. The summed E-state index contributed by atoms with van der Waals surface area (Å²) < 4.78 is 4.95. The molecule has 0 aromatic carbocycles. The van der Waals surface area contributed by atoms with Gasteiger partial charge in [0, 0.05) is 23.5 Å². The summed E-state index contributed by atoms with van der Waals surface area (Å²) in [6.45, 7) is 1.04. The van der Waals surface area contributed by atoms with Gasteiger partial charge in [-0.3, -0.25) is 0 Å². The van der Waals surface area contributed by atoms with E-state index in [4.69, 9.17) is 4.42 Å². The molecule has 0 aliphatic heterocycles. The van der Waals surface area contributed by atoms with Crippen LogP contribution in [0, 0.1) is 0 Å². The van der Waals surface area contributed by atoms with E-state index in [1.807, 2.05) is 31.6 Å². The summed E-state index contributed by atoms with van der Waals surface area (Å²) in [5.41, 5.74) is 0.947. The Morgan fingerprint density at radius 3 is 2.85 bits per heavy atom. The Labute approximate surface area is 122 Å². The minimum absolute atomic E-state index is 0.172. The second-order valence-electron chi connectivity index (χ2n) is 4.69. The van der Waals surface area contributed by atoms with Gasteiger partial charge in [-0.2, -0.15) is 0 Å². The van der Waals surface area contributed by atoms with Gasteiger partial charge in [0.1, 0.15) is 0 Å². The first-order valence-corrected chi connectivity index (χ1v) is 7.27. The Balaban J connectivity index is 1.79. The molecule has 6 heteroatoms. The van der Waals surface area contributed by atoms with Crippen LogP contribution in [0.25, 0.3) is 0 Å². The number of carbonyl (C=O) groups excluding carboxylic acids is 1. The molecule has 2 amide bonds. The third-order valence-corrected chi connectivity index (χ3v) is 3.96. The van der Waals surface area contributed by atoms with E-state index >= 15 is 0 Å². The normalized spacial score (nSPS) is 12.3. The lowest BCUT2D eigenvalue weighted by Crippen LogP contribution is -2.40. The van der Waals surface area contributed by atoms with Crippen molar-refractivity contribution in [3.63, 3.8) is 0 Å². The summed E-state index contributed by atoms with van der Waals surface area (Å²) in [7, 11) is 4.02. The van der Waals surface area contributed by atoms with Crippen LogP contribution in [0.2, 0.25) is 0 Å². The molecule has 0 aliphatic rings. The van der Waals surface area contributed by atoms with Gasteiger partial charge in [0.15, 0.2) is 0 Å². The predicted octanol–water partition coefficient (Wildman–Crippen LogP) is 2.44. The highest BCUT2D eigenvalue weighted by atomic mass is 32.1. The van der Waals surface area contributed by atoms with Crippen molar-refractivity contribution in [3.8, 4) is 0 Å².